The first kappa shape index (κ1) is 20.2. The van der Waals surface area contributed by atoms with Gasteiger partial charge in [-0.25, -0.2) is 9.40 Å². The molecule has 0 fully saturated rings. The molecule has 1 heterocycles. The van der Waals surface area contributed by atoms with E-state index in [0.29, 0.717) is 11.4 Å². The fourth-order valence-corrected chi connectivity index (χ4v) is 2.94. The molecule has 0 bridgehead atoms. The molecule has 1 N–H and O–H groups in total. The summed E-state index contributed by atoms with van der Waals surface area (Å²) in [6, 6.07) is 12.8. The van der Waals surface area contributed by atoms with Gasteiger partial charge in [-0.1, -0.05) is 18.2 Å². The van der Waals surface area contributed by atoms with Gasteiger partial charge in [-0.15, -0.1) is 0 Å². The van der Waals surface area contributed by atoms with Crippen molar-refractivity contribution in [2.45, 2.75) is 19.8 Å². The zero-order chi connectivity index (χ0) is 21.0. The Bertz CT molecular complexity index is 989. The highest BCUT2D eigenvalue weighted by atomic mass is 19.1. The van der Waals surface area contributed by atoms with E-state index < -0.39 is 17.6 Å². The first-order valence-corrected chi connectivity index (χ1v) is 9.11. The van der Waals surface area contributed by atoms with E-state index in [9.17, 15) is 18.8 Å². The van der Waals surface area contributed by atoms with Crippen LogP contribution in [0.5, 0.6) is 0 Å². The van der Waals surface area contributed by atoms with Crippen molar-refractivity contribution >= 4 is 34.8 Å². The molecule has 29 heavy (non-hydrogen) atoms. The van der Waals surface area contributed by atoms with Gasteiger partial charge >= 0.3 is 0 Å². The van der Waals surface area contributed by atoms with Crippen molar-refractivity contribution in [2.24, 2.45) is 5.10 Å². The summed E-state index contributed by atoms with van der Waals surface area (Å²) < 4.78 is 13.2. The molecule has 8 heteroatoms. The molecule has 0 saturated heterocycles. The maximum atomic E-state index is 13.2. The molecule has 1 aliphatic heterocycles. The fourth-order valence-electron chi connectivity index (χ4n) is 2.94. The second kappa shape index (κ2) is 8.64. The number of hydrazone groups is 1. The number of aryl methyl sites for hydroxylation is 1. The Morgan fingerprint density at radius 2 is 1.93 bits per heavy atom. The lowest BCUT2D eigenvalue weighted by atomic mass is 10.1. The van der Waals surface area contributed by atoms with Gasteiger partial charge in [0.15, 0.2) is 0 Å². The quantitative estimate of drug-likeness (QED) is 0.844. The van der Waals surface area contributed by atoms with Crippen LogP contribution in [0.15, 0.2) is 53.6 Å². The molecule has 0 aromatic heterocycles. The number of anilines is 2. The number of carbonyl (C=O) groups is 3. The Kier molecular flexibility index (Phi) is 6.01. The van der Waals surface area contributed by atoms with Crippen molar-refractivity contribution in [3.63, 3.8) is 0 Å². The molecule has 1 aliphatic rings. The molecule has 0 radical (unpaired) electrons. The first-order valence-electron chi connectivity index (χ1n) is 9.11. The minimum Gasteiger partial charge on any atom is -0.331 e. The average molecular weight is 396 g/mol. The normalized spacial score (nSPS) is 13.7. The lowest BCUT2D eigenvalue weighted by Crippen LogP contribution is -2.42. The summed E-state index contributed by atoms with van der Waals surface area (Å²) in [5.41, 5.74) is 2.07. The van der Waals surface area contributed by atoms with E-state index in [1.165, 1.54) is 35.2 Å². The van der Waals surface area contributed by atoms with Gasteiger partial charge in [0.1, 0.15) is 11.5 Å². The zero-order valence-electron chi connectivity index (χ0n) is 16.2. The number of benzene rings is 2. The van der Waals surface area contributed by atoms with E-state index in [-0.39, 0.29) is 31.0 Å². The Balaban J connectivity index is 1.68. The van der Waals surface area contributed by atoms with Gasteiger partial charge in [-0.2, -0.15) is 5.10 Å². The van der Waals surface area contributed by atoms with Crippen LogP contribution in [0.2, 0.25) is 0 Å². The number of rotatable bonds is 5. The number of nitrogens with one attached hydrogen (secondary N) is 1. The van der Waals surface area contributed by atoms with Crippen molar-refractivity contribution in [3.05, 3.63) is 59.9 Å². The van der Waals surface area contributed by atoms with Gasteiger partial charge in [0.2, 0.25) is 11.8 Å². The van der Waals surface area contributed by atoms with E-state index in [4.69, 9.17) is 0 Å². The molecule has 150 valence electrons. The molecule has 0 aliphatic carbocycles. The Morgan fingerprint density at radius 3 is 2.66 bits per heavy atom. The van der Waals surface area contributed by atoms with Crippen LogP contribution >= 0.6 is 0 Å². The zero-order valence-corrected chi connectivity index (χ0v) is 16.2. The highest BCUT2D eigenvalue weighted by Crippen LogP contribution is 2.21. The minimum atomic E-state index is -0.468. The number of likely N-dealkylation sites (N-methyl/N-ethyl adjacent to an activating group) is 1. The van der Waals surface area contributed by atoms with Crippen LogP contribution in [0.1, 0.15) is 18.4 Å². The van der Waals surface area contributed by atoms with Crippen LogP contribution < -0.4 is 10.3 Å². The summed E-state index contributed by atoms with van der Waals surface area (Å²) in [7, 11) is 1.48. The number of nitrogens with zero attached hydrogens (tertiary/aromatic N) is 3. The molecule has 0 saturated carbocycles. The SMILES string of the molecule is Cc1cccc(N2N=C(C(=O)N(C)CC(=O)Nc3cccc(F)c3)CCC2=O)c1. The molecule has 3 rings (SSSR count). The van der Waals surface area contributed by atoms with Crippen LogP contribution in [0.4, 0.5) is 15.8 Å². The maximum Gasteiger partial charge on any atom is 0.270 e. The predicted molar refractivity (Wildman–Crippen MR) is 108 cm³/mol. The molecule has 3 amide bonds. The lowest BCUT2D eigenvalue weighted by Gasteiger charge is -2.25. The van der Waals surface area contributed by atoms with E-state index in [1.54, 1.807) is 12.1 Å². The third-order valence-electron chi connectivity index (χ3n) is 4.36. The molecule has 7 nitrogen and oxygen atoms in total. The van der Waals surface area contributed by atoms with Crippen LogP contribution in [0.25, 0.3) is 0 Å². The van der Waals surface area contributed by atoms with Gasteiger partial charge in [0, 0.05) is 25.6 Å². The molecular weight excluding hydrogens is 375 g/mol. The number of amides is 3. The molecule has 0 atom stereocenters. The molecular formula is C21H21FN4O3. The monoisotopic (exact) mass is 396 g/mol. The summed E-state index contributed by atoms with van der Waals surface area (Å²) in [6.45, 7) is 1.67. The maximum absolute atomic E-state index is 13.2. The summed E-state index contributed by atoms with van der Waals surface area (Å²) in [5, 5.41) is 7.99. The van der Waals surface area contributed by atoms with E-state index in [2.05, 4.69) is 10.4 Å². The van der Waals surface area contributed by atoms with Crippen LogP contribution in [-0.4, -0.2) is 41.9 Å². The van der Waals surface area contributed by atoms with Gasteiger partial charge < -0.3 is 10.2 Å². The number of carbonyl (C=O) groups excluding carboxylic acids is 3. The predicted octanol–water partition coefficient (Wildman–Crippen LogP) is 2.71. The minimum absolute atomic E-state index is 0.155. The van der Waals surface area contributed by atoms with Crippen molar-refractivity contribution in [1.82, 2.24) is 4.90 Å². The summed E-state index contributed by atoms with van der Waals surface area (Å²) >= 11 is 0. The second-order valence-corrected chi connectivity index (χ2v) is 6.81. The van der Waals surface area contributed by atoms with Crippen LogP contribution in [0, 0.1) is 12.7 Å². The van der Waals surface area contributed by atoms with Crippen molar-refractivity contribution in [2.75, 3.05) is 23.9 Å². The molecule has 2 aromatic rings. The van der Waals surface area contributed by atoms with Gasteiger partial charge in [0.25, 0.3) is 5.91 Å². The number of hydrogen-bond acceptors (Lipinski definition) is 4. The van der Waals surface area contributed by atoms with Gasteiger partial charge in [-0.3, -0.25) is 14.4 Å². The van der Waals surface area contributed by atoms with E-state index in [0.717, 1.165) is 5.56 Å². The van der Waals surface area contributed by atoms with Gasteiger partial charge in [-0.05, 0) is 42.8 Å². The Hall–Kier alpha value is -3.55. The highest BCUT2D eigenvalue weighted by Gasteiger charge is 2.28. The second-order valence-electron chi connectivity index (χ2n) is 6.81. The Labute approximate surface area is 167 Å². The third kappa shape index (κ3) is 5.04. The summed E-state index contributed by atoms with van der Waals surface area (Å²) in [4.78, 5) is 38.3. The average Bonchev–Trinajstić information content (AvgIpc) is 2.67. The van der Waals surface area contributed by atoms with Crippen molar-refractivity contribution in [1.29, 1.82) is 0 Å². The van der Waals surface area contributed by atoms with E-state index >= 15 is 0 Å². The number of hydrogen-bond donors (Lipinski definition) is 1. The number of halogens is 1. The fraction of sp³-hybridized carbons (Fsp3) is 0.238. The van der Waals surface area contributed by atoms with Crippen LogP contribution in [-0.2, 0) is 14.4 Å². The molecule has 0 unspecified atom stereocenters. The molecule has 0 spiro atoms. The lowest BCUT2D eigenvalue weighted by molar-refractivity contribution is -0.128. The third-order valence-corrected chi connectivity index (χ3v) is 4.36. The highest BCUT2D eigenvalue weighted by molar-refractivity contribution is 6.40. The smallest absolute Gasteiger partial charge is 0.270 e. The summed E-state index contributed by atoms with van der Waals surface area (Å²) in [6.07, 6.45) is 0.359. The molecule has 2 aromatic carbocycles. The Morgan fingerprint density at radius 1 is 1.17 bits per heavy atom. The largest absolute Gasteiger partial charge is 0.331 e. The summed E-state index contributed by atoms with van der Waals surface area (Å²) in [5.74, 6) is -1.57. The standard InChI is InChI=1S/C21H21FN4O3/c1-14-5-3-8-17(11-14)26-20(28)10-9-18(24-26)21(29)25(2)13-19(27)23-16-7-4-6-15(22)12-16/h3-8,11-12H,9-10,13H2,1-2H3,(H,23,27). The van der Waals surface area contributed by atoms with Crippen molar-refractivity contribution in [3.8, 4) is 0 Å². The van der Waals surface area contributed by atoms with Gasteiger partial charge in [0.05, 0.1) is 12.2 Å². The van der Waals surface area contributed by atoms with E-state index in [1.807, 2.05) is 25.1 Å². The van der Waals surface area contributed by atoms with Crippen LogP contribution in [0.3, 0.4) is 0 Å². The topological polar surface area (TPSA) is 82.1 Å². The van der Waals surface area contributed by atoms with Crippen molar-refractivity contribution < 1.29 is 18.8 Å². The first-order chi connectivity index (χ1) is 13.8.